The second-order valence-corrected chi connectivity index (χ2v) is 2.90. The van der Waals surface area contributed by atoms with E-state index in [1.54, 1.807) is 0 Å². The molecule has 12 heavy (non-hydrogen) atoms. The quantitative estimate of drug-likeness (QED) is 0.504. The highest BCUT2D eigenvalue weighted by Crippen LogP contribution is 2.09. The van der Waals surface area contributed by atoms with Crippen molar-refractivity contribution in [2.75, 3.05) is 13.1 Å². The molecule has 2 unspecified atom stereocenters. The predicted octanol–water partition coefficient (Wildman–Crippen LogP) is -0.145. The number of hydrogen-bond donors (Lipinski definition) is 3. The van der Waals surface area contributed by atoms with Gasteiger partial charge in [0.05, 0.1) is 12.2 Å². The van der Waals surface area contributed by atoms with Crippen LogP contribution in [0, 0.1) is 5.41 Å². The smallest absolute Gasteiger partial charge is 0.0981 e. The van der Waals surface area contributed by atoms with E-state index in [1.165, 1.54) is 12.4 Å². The van der Waals surface area contributed by atoms with E-state index in [-0.39, 0.29) is 12.2 Å². The summed E-state index contributed by atoms with van der Waals surface area (Å²) in [5.41, 5.74) is 6.07. The standard InChI is InChI=1S/C8H15N3O/c1-6-4-11-5-8(12-6)7(2-9)3-10/h2-3,6,8-9,11H,4-5,10H2,1H3/b7-3+,9-2?. The van der Waals surface area contributed by atoms with Gasteiger partial charge < -0.3 is 21.2 Å². The molecule has 0 aromatic carbocycles. The fourth-order valence-corrected chi connectivity index (χ4v) is 1.24. The van der Waals surface area contributed by atoms with Gasteiger partial charge >= 0.3 is 0 Å². The lowest BCUT2D eigenvalue weighted by atomic mass is 10.1. The summed E-state index contributed by atoms with van der Waals surface area (Å²) in [5, 5.41) is 10.3. The average molecular weight is 169 g/mol. The minimum Gasteiger partial charge on any atom is -0.404 e. The Balaban J connectivity index is 2.55. The number of ether oxygens (including phenoxy) is 1. The van der Waals surface area contributed by atoms with Gasteiger partial charge in [-0.15, -0.1) is 0 Å². The Morgan fingerprint density at radius 3 is 2.92 bits per heavy atom. The van der Waals surface area contributed by atoms with Gasteiger partial charge in [-0.3, -0.25) is 0 Å². The molecule has 2 atom stereocenters. The third-order valence-electron chi connectivity index (χ3n) is 1.89. The fraction of sp³-hybridized carbons (Fsp3) is 0.625. The molecule has 1 fully saturated rings. The lowest BCUT2D eigenvalue weighted by Crippen LogP contribution is -2.44. The summed E-state index contributed by atoms with van der Waals surface area (Å²) in [6, 6.07) is 0. The summed E-state index contributed by atoms with van der Waals surface area (Å²) in [7, 11) is 0. The van der Waals surface area contributed by atoms with Gasteiger partial charge in [-0.1, -0.05) is 0 Å². The summed E-state index contributed by atoms with van der Waals surface area (Å²) in [5.74, 6) is 0. The highest BCUT2D eigenvalue weighted by atomic mass is 16.5. The van der Waals surface area contributed by atoms with Crippen molar-refractivity contribution in [1.82, 2.24) is 5.32 Å². The summed E-state index contributed by atoms with van der Waals surface area (Å²) >= 11 is 0. The van der Waals surface area contributed by atoms with Crippen LogP contribution in [0.25, 0.3) is 0 Å². The Bertz CT molecular complexity index is 191. The van der Waals surface area contributed by atoms with Crippen molar-refractivity contribution in [1.29, 1.82) is 5.41 Å². The normalized spacial score (nSPS) is 31.6. The Labute approximate surface area is 72.3 Å². The van der Waals surface area contributed by atoms with Crippen molar-refractivity contribution in [3.8, 4) is 0 Å². The maximum Gasteiger partial charge on any atom is 0.0981 e. The van der Waals surface area contributed by atoms with E-state index in [4.69, 9.17) is 15.9 Å². The maximum atomic E-state index is 7.08. The van der Waals surface area contributed by atoms with Gasteiger partial charge in [0.15, 0.2) is 0 Å². The number of rotatable bonds is 2. The van der Waals surface area contributed by atoms with Crippen molar-refractivity contribution in [2.24, 2.45) is 5.73 Å². The first-order valence-electron chi connectivity index (χ1n) is 4.06. The zero-order valence-electron chi connectivity index (χ0n) is 7.21. The van der Waals surface area contributed by atoms with Gasteiger partial charge in [0.2, 0.25) is 0 Å². The van der Waals surface area contributed by atoms with E-state index in [1.807, 2.05) is 6.92 Å². The topological polar surface area (TPSA) is 71.1 Å². The molecule has 4 nitrogen and oxygen atoms in total. The monoisotopic (exact) mass is 169 g/mol. The molecule has 0 bridgehead atoms. The molecular weight excluding hydrogens is 154 g/mol. The van der Waals surface area contributed by atoms with Crippen molar-refractivity contribution in [3.63, 3.8) is 0 Å². The van der Waals surface area contributed by atoms with Crippen LogP contribution in [0.2, 0.25) is 0 Å². The van der Waals surface area contributed by atoms with E-state index in [9.17, 15) is 0 Å². The van der Waals surface area contributed by atoms with E-state index in [0.717, 1.165) is 18.7 Å². The van der Waals surface area contributed by atoms with Gasteiger partial charge in [0, 0.05) is 31.1 Å². The lowest BCUT2D eigenvalue weighted by Gasteiger charge is -2.28. The van der Waals surface area contributed by atoms with E-state index < -0.39 is 0 Å². The first kappa shape index (κ1) is 9.22. The predicted molar refractivity (Wildman–Crippen MR) is 48.3 cm³/mol. The minimum atomic E-state index is -0.0590. The zero-order valence-corrected chi connectivity index (χ0v) is 7.21. The first-order valence-corrected chi connectivity index (χ1v) is 4.06. The van der Waals surface area contributed by atoms with Crippen LogP contribution in [0.5, 0.6) is 0 Å². The number of hydrogen-bond acceptors (Lipinski definition) is 4. The van der Waals surface area contributed by atoms with Crippen LogP contribution in [-0.2, 0) is 4.74 Å². The van der Waals surface area contributed by atoms with Crippen LogP contribution in [-0.4, -0.2) is 31.5 Å². The first-order chi connectivity index (χ1) is 5.77. The average Bonchev–Trinajstić information content (AvgIpc) is 2.07. The molecule has 0 aliphatic carbocycles. The van der Waals surface area contributed by atoms with Gasteiger partial charge in [-0.05, 0) is 6.92 Å². The van der Waals surface area contributed by atoms with Crippen LogP contribution >= 0.6 is 0 Å². The van der Waals surface area contributed by atoms with Crippen LogP contribution < -0.4 is 11.1 Å². The largest absolute Gasteiger partial charge is 0.404 e. The van der Waals surface area contributed by atoms with E-state index >= 15 is 0 Å². The van der Waals surface area contributed by atoms with Gasteiger partial charge in [-0.25, -0.2) is 0 Å². The summed E-state index contributed by atoms with van der Waals surface area (Å²) in [6.45, 7) is 3.60. The maximum absolute atomic E-state index is 7.08. The fourth-order valence-electron chi connectivity index (χ4n) is 1.24. The van der Waals surface area contributed by atoms with Crippen molar-refractivity contribution in [3.05, 3.63) is 11.8 Å². The van der Waals surface area contributed by atoms with Crippen LogP contribution in [0.3, 0.4) is 0 Å². The second-order valence-electron chi connectivity index (χ2n) is 2.90. The van der Waals surface area contributed by atoms with E-state index in [2.05, 4.69) is 5.32 Å². The summed E-state index contributed by atoms with van der Waals surface area (Å²) in [6.07, 6.45) is 2.80. The molecule has 1 heterocycles. The minimum absolute atomic E-state index is 0.0590. The molecule has 4 N–H and O–H groups in total. The Kier molecular flexibility index (Phi) is 3.25. The van der Waals surface area contributed by atoms with Crippen molar-refractivity contribution >= 4 is 6.21 Å². The Morgan fingerprint density at radius 1 is 1.67 bits per heavy atom. The molecule has 68 valence electrons. The zero-order chi connectivity index (χ0) is 8.97. The highest BCUT2D eigenvalue weighted by Gasteiger charge is 2.20. The lowest BCUT2D eigenvalue weighted by molar-refractivity contribution is -0.00446. The second kappa shape index (κ2) is 4.23. The molecule has 0 amide bonds. The Hall–Kier alpha value is -0.870. The molecule has 1 saturated heterocycles. The molecule has 0 radical (unpaired) electrons. The molecule has 0 spiro atoms. The molecule has 0 saturated carbocycles. The molecule has 1 aliphatic heterocycles. The SMILES string of the molecule is CC1CNCC(/C(C=N)=C/N)O1. The highest BCUT2D eigenvalue weighted by molar-refractivity contribution is 5.77. The number of nitrogens with two attached hydrogens (primary N) is 1. The van der Waals surface area contributed by atoms with Crippen LogP contribution in [0.1, 0.15) is 6.92 Å². The third-order valence-corrected chi connectivity index (χ3v) is 1.89. The van der Waals surface area contributed by atoms with Crippen molar-refractivity contribution < 1.29 is 4.74 Å². The van der Waals surface area contributed by atoms with Gasteiger partial charge in [-0.2, -0.15) is 0 Å². The molecule has 0 aromatic heterocycles. The summed E-state index contributed by atoms with van der Waals surface area (Å²) < 4.78 is 5.57. The van der Waals surface area contributed by atoms with Gasteiger partial charge in [0.1, 0.15) is 0 Å². The number of nitrogens with one attached hydrogen (secondary N) is 2. The molecule has 0 aromatic rings. The number of morpholine rings is 1. The van der Waals surface area contributed by atoms with Crippen LogP contribution in [0.4, 0.5) is 0 Å². The molecular formula is C8H15N3O. The van der Waals surface area contributed by atoms with Crippen molar-refractivity contribution in [2.45, 2.75) is 19.1 Å². The molecule has 1 aliphatic rings. The summed E-state index contributed by atoms with van der Waals surface area (Å²) in [4.78, 5) is 0. The third kappa shape index (κ3) is 2.06. The molecule has 1 rings (SSSR count). The van der Waals surface area contributed by atoms with Gasteiger partial charge in [0.25, 0.3) is 0 Å². The Morgan fingerprint density at radius 2 is 2.42 bits per heavy atom. The van der Waals surface area contributed by atoms with Crippen LogP contribution in [0.15, 0.2) is 11.8 Å². The van der Waals surface area contributed by atoms with E-state index in [0.29, 0.717) is 0 Å². The molecule has 4 heteroatoms.